The first-order valence-electron chi connectivity index (χ1n) is 8.99. The molecule has 0 saturated carbocycles. The van der Waals surface area contributed by atoms with E-state index in [-0.39, 0.29) is 0 Å². The average Bonchev–Trinajstić information content (AvgIpc) is 2.43. The van der Waals surface area contributed by atoms with E-state index < -0.39 is 8.07 Å². The Hall–Kier alpha value is -1.54. The fourth-order valence-electron chi connectivity index (χ4n) is 3.39. The molecule has 2 rings (SSSR count). The van der Waals surface area contributed by atoms with Crippen LogP contribution in [0.25, 0.3) is 0 Å². The Kier molecular flexibility index (Phi) is 5.29. The molecule has 130 valence electrons. The molecule has 0 spiro atoms. The Morgan fingerprint density at radius 2 is 1.62 bits per heavy atom. The molecule has 0 saturated heterocycles. The van der Waals surface area contributed by atoms with Gasteiger partial charge in [0.1, 0.15) is 12.2 Å². The van der Waals surface area contributed by atoms with Crippen molar-refractivity contribution in [2.24, 2.45) is 5.92 Å². The summed E-state index contributed by atoms with van der Waals surface area (Å²) in [5.74, 6) is 0.662. The third-order valence-electron chi connectivity index (χ3n) is 4.80. The summed E-state index contributed by atoms with van der Waals surface area (Å²) in [4.78, 5) is 0. The van der Waals surface area contributed by atoms with E-state index in [2.05, 4.69) is 90.0 Å². The van der Waals surface area contributed by atoms with Gasteiger partial charge in [0.15, 0.2) is 0 Å². The zero-order valence-electron chi connectivity index (χ0n) is 16.7. The van der Waals surface area contributed by atoms with Crippen LogP contribution in [0.3, 0.4) is 0 Å². The molecule has 2 heteroatoms. The summed E-state index contributed by atoms with van der Waals surface area (Å²) in [7, 11) is -1.39. The van der Waals surface area contributed by atoms with Crippen LogP contribution in [0.1, 0.15) is 42.5 Å². The van der Waals surface area contributed by atoms with Crippen molar-refractivity contribution in [1.29, 1.82) is 0 Å². The van der Waals surface area contributed by atoms with Gasteiger partial charge < -0.3 is 0 Å². The number of hydrogen-bond donors (Lipinski definition) is 0. The van der Waals surface area contributed by atoms with Crippen LogP contribution in [0.15, 0.2) is 35.2 Å². The van der Waals surface area contributed by atoms with E-state index in [1.54, 1.807) is 0 Å². The summed E-state index contributed by atoms with van der Waals surface area (Å²) < 4.78 is 2.09. The van der Waals surface area contributed by atoms with Gasteiger partial charge in [-0.2, -0.15) is 0 Å². The first-order chi connectivity index (χ1) is 11.0. The van der Waals surface area contributed by atoms with Crippen molar-refractivity contribution in [2.75, 3.05) is 0 Å². The number of rotatable bonds is 4. The standard InChI is InChI=1S/C22H33NSi/c1-15(2)10-19-13-21(23(6)14-22(19)24(7,8)9)20-12-17(4)16(3)11-18(20)5/h11-15H,6,10H2,1-5,7-9H3. The Morgan fingerprint density at radius 1 is 1.04 bits per heavy atom. The largest absolute Gasteiger partial charge is 0.255 e. The van der Waals surface area contributed by atoms with Crippen molar-refractivity contribution in [3.8, 4) is 0 Å². The maximum absolute atomic E-state index is 4.32. The summed E-state index contributed by atoms with van der Waals surface area (Å²) in [6, 6.07) is 5.84. The van der Waals surface area contributed by atoms with Gasteiger partial charge in [0.25, 0.3) is 0 Å². The van der Waals surface area contributed by atoms with Crippen LogP contribution in [0.4, 0.5) is 0 Å². The molecule has 0 amide bonds. The molecule has 0 unspecified atom stereocenters. The highest BCUT2D eigenvalue weighted by Gasteiger charge is 2.29. The predicted molar refractivity (Wildman–Crippen MR) is 109 cm³/mol. The van der Waals surface area contributed by atoms with Gasteiger partial charge in [-0.15, -0.1) is 0 Å². The van der Waals surface area contributed by atoms with E-state index >= 15 is 0 Å². The smallest absolute Gasteiger partial charge is 0.147 e. The molecule has 0 fully saturated rings. The molecular formula is C22H33NSi. The summed E-state index contributed by atoms with van der Waals surface area (Å²) in [6.07, 6.45) is 5.84. The second-order valence-corrected chi connectivity index (χ2v) is 13.7. The molecular weight excluding hydrogens is 306 g/mol. The number of hydrogen-bond acceptors (Lipinski definition) is 0. The Labute approximate surface area is 149 Å². The molecule has 0 radical (unpaired) electrons. The van der Waals surface area contributed by atoms with E-state index in [9.17, 15) is 0 Å². The fraction of sp³-hybridized carbons (Fsp3) is 0.455. The molecule has 0 aromatic heterocycles. The Morgan fingerprint density at radius 3 is 2.17 bits per heavy atom. The molecule has 24 heavy (non-hydrogen) atoms. The van der Waals surface area contributed by atoms with Gasteiger partial charge in [0.2, 0.25) is 0 Å². The Bertz CT molecular complexity index is 714. The van der Waals surface area contributed by atoms with E-state index in [4.69, 9.17) is 0 Å². The highest BCUT2D eigenvalue weighted by Crippen LogP contribution is 2.36. The SMILES string of the molecule is C=[N+]1C=C([Si](C)(C)C)C(CC(C)C)=C[C-]1c1cc(C)c(C)cc1C. The molecule has 0 N–H and O–H groups in total. The lowest BCUT2D eigenvalue weighted by Crippen LogP contribution is -2.31. The minimum absolute atomic E-state index is 0.662. The minimum atomic E-state index is -1.39. The second-order valence-electron chi connectivity index (χ2n) is 8.67. The van der Waals surface area contributed by atoms with Crippen molar-refractivity contribution in [3.63, 3.8) is 0 Å². The van der Waals surface area contributed by atoms with E-state index in [0.29, 0.717) is 5.92 Å². The first-order valence-corrected chi connectivity index (χ1v) is 12.5. The van der Waals surface area contributed by atoms with Crippen LogP contribution in [0.2, 0.25) is 19.6 Å². The fourth-order valence-corrected chi connectivity index (χ4v) is 5.07. The van der Waals surface area contributed by atoms with Crippen molar-refractivity contribution < 1.29 is 4.58 Å². The van der Waals surface area contributed by atoms with E-state index in [0.717, 1.165) is 6.42 Å². The molecule has 1 aromatic carbocycles. The van der Waals surface area contributed by atoms with Crippen molar-refractivity contribution in [1.82, 2.24) is 0 Å². The van der Waals surface area contributed by atoms with Crippen LogP contribution in [-0.4, -0.2) is 19.4 Å². The van der Waals surface area contributed by atoms with Crippen molar-refractivity contribution >= 4 is 14.8 Å². The van der Waals surface area contributed by atoms with Crippen LogP contribution in [0.5, 0.6) is 0 Å². The molecule has 0 bridgehead atoms. The topological polar surface area (TPSA) is 3.01 Å². The lowest BCUT2D eigenvalue weighted by molar-refractivity contribution is -0.418. The van der Waals surface area contributed by atoms with Crippen LogP contribution in [-0.2, 0) is 0 Å². The number of nitrogens with zero attached hydrogens (tertiary/aromatic N) is 1. The maximum atomic E-state index is 4.32. The van der Waals surface area contributed by atoms with Crippen LogP contribution in [0, 0.1) is 32.7 Å². The molecule has 0 atom stereocenters. The van der Waals surface area contributed by atoms with Gasteiger partial charge in [0.05, 0.1) is 14.8 Å². The zero-order chi connectivity index (χ0) is 18.2. The maximum Gasteiger partial charge on any atom is 0.147 e. The lowest BCUT2D eigenvalue weighted by Gasteiger charge is -2.32. The van der Waals surface area contributed by atoms with Gasteiger partial charge in [-0.3, -0.25) is 4.58 Å². The second kappa shape index (κ2) is 6.76. The molecule has 1 heterocycles. The van der Waals surface area contributed by atoms with Crippen LogP contribution < -0.4 is 0 Å². The minimum Gasteiger partial charge on any atom is -0.255 e. The van der Waals surface area contributed by atoms with E-state index in [1.807, 2.05) is 0 Å². The molecule has 0 aliphatic carbocycles. The zero-order valence-corrected chi connectivity index (χ0v) is 17.7. The van der Waals surface area contributed by atoms with Gasteiger partial charge >= 0.3 is 0 Å². The average molecular weight is 340 g/mol. The summed E-state index contributed by atoms with van der Waals surface area (Å²) in [6.45, 7) is 22.8. The quantitative estimate of drug-likeness (QED) is 0.362. The summed E-state index contributed by atoms with van der Waals surface area (Å²) in [5, 5.41) is 1.54. The highest BCUT2D eigenvalue weighted by molar-refractivity contribution is 6.84. The Balaban J connectivity index is 2.54. The number of allylic oxidation sites excluding steroid dienone is 2. The molecule has 1 nitrogen and oxygen atoms in total. The number of aryl methyl sites for hydroxylation is 3. The third kappa shape index (κ3) is 3.92. The van der Waals surface area contributed by atoms with E-state index in [1.165, 1.54) is 39.1 Å². The van der Waals surface area contributed by atoms with Gasteiger partial charge in [-0.25, -0.2) is 0 Å². The first kappa shape index (κ1) is 18.8. The summed E-state index contributed by atoms with van der Waals surface area (Å²) >= 11 is 0. The highest BCUT2D eigenvalue weighted by atomic mass is 28.3. The molecule has 1 aliphatic heterocycles. The number of benzene rings is 1. The van der Waals surface area contributed by atoms with Crippen LogP contribution >= 0.6 is 0 Å². The lowest BCUT2D eigenvalue weighted by atomic mass is 9.91. The van der Waals surface area contributed by atoms with Crippen molar-refractivity contribution in [3.05, 3.63) is 63.5 Å². The van der Waals surface area contributed by atoms with Gasteiger partial charge in [0, 0.05) is 0 Å². The van der Waals surface area contributed by atoms with Crippen molar-refractivity contribution in [2.45, 2.75) is 60.7 Å². The van der Waals surface area contributed by atoms with Gasteiger partial charge in [-0.05, 0) is 43.0 Å². The third-order valence-corrected chi connectivity index (χ3v) is 6.87. The summed E-state index contributed by atoms with van der Waals surface area (Å²) in [5.41, 5.74) is 6.84. The molecule has 1 aromatic rings. The monoisotopic (exact) mass is 339 g/mol. The predicted octanol–water partition coefficient (Wildman–Crippen LogP) is 5.95. The normalized spacial score (nSPS) is 15.7. The van der Waals surface area contributed by atoms with Gasteiger partial charge in [-0.1, -0.05) is 74.8 Å². The molecule has 1 aliphatic rings.